The van der Waals surface area contributed by atoms with Gasteiger partial charge in [-0.25, -0.2) is 4.79 Å². The quantitative estimate of drug-likeness (QED) is 0.775. The second-order valence-electron chi connectivity index (χ2n) is 4.14. The number of aromatic nitrogens is 1. The molecule has 1 aromatic rings. The van der Waals surface area contributed by atoms with E-state index < -0.39 is 0 Å². The average molecular weight is 209 g/mol. The first-order valence-electron chi connectivity index (χ1n) is 5.40. The van der Waals surface area contributed by atoms with Crippen LogP contribution in [-0.4, -0.2) is 17.6 Å². The molecule has 0 aromatic carbocycles. The van der Waals surface area contributed by atoms with E-state index >= 15 is 0 Å². The van der Waals surface area contributed by atoms with Gasteiger partial charge in [0.05, 0.1) is 12.2 Å². The molecule has 0 unspecified atom stereocenters. The van der Waals surface area contributed by atoms with Crippen molar-refractivity contribution in [3.05, 3.63) is 23.0 Å². The minimum atomic E-state index is -0.216. The van der Waals surface area contributed by atoms with Crippen LogP contribution in [-0.2, 0) is 11.2 Å². The van der Waals surface area contributed by atoms with Crippen LogP contribution in [0.5, 0.6) is 0 Å². The molecule has 1 aromatic heterocycles. The van der Waals surface area contributed by atoms with Gasteiger partial charge in [0.2, 0.25) is 0 Å². The van der Waals surface area contributed by atoms with E-state index in [9.17, 15) is 4.79 Å². The molecule has 0 saturated heterocycles. The third-order valence-corrected chi connectivity index (χ3v) is 2.25. The van der Waals surface area contributed by atoms with Crippen molar-refractivity contribution in [2.45, 2.75) is 34.1 Å². The Hall–Kier alpha value is -1.25. The number of esters is 1. The summed E-state index contributed by atoms with van der Waals surface area (Å²) in [6.07, 6.45) is 2.74. The molecule has 0 aliphatic heterocycles. The first-order chi connectivity index (χ1) is 7.06. The normalized spacial score (nSPS) is 10.7. The van der Waals surface area contributed by atoms with Gasteiger partial charge in [0, 0.05) is 11.9 Å². The predicted octanol–water partition coefficient (Wildman–Crippen LogP) is 2.70. The number of H-pyrrole nitrogens is 1. The van der Waals surface area contributed by atoms with Gasteiger partial charge in [-0.2, -0.15) is 0 Å². The fourth-order valence-corrected chi connectivity index (χ4v) is 1.63. The van der Waals surface area contributed by atoms with Crippen molar-refractivity contribution in [1.82, 2.24) is 4.98 Å². The third kappa shape index (κ3) is 2.85. The lowest BCUT2D eigenvalue weighted by Crippen LogP contribution is -2.09. The van der Waals surface area contributed by atoms with Crippen molar-refractivity contribution in [3.63, 3.8) is 0 Å². The topological polar surface area (TPSA) is 42.1 Å². The summed E-state index contributed by atoms with van der Waals surface area (Å²) in [6.45, 7) is 8.43. The number of aromatic amines is 1. The number of carbonyl (C=O) groups is 1. The standard InChI is InChI=1S/C12H19NO2/c1-5-15-12(14)11-9(4)7-13-10(11)6-8(2)3/h7-8,13H,5-6H2,1-4H3. The lowest BCUT2D eigenvalue weighted by molar-refractivity contribution is 0.0524. The zero-order chi connectivity index (χ0) is 11.4. The smallest absolute Gasteiger partial charge is 0.340 e. The van der Waals surface area contributed by atoms with Gasteiger partial charge in [-0.1, -0.05) is 13.8 Å². The first-order valence-corrected chi connectivity index (χ1v) is 5.40. The molecule has 0 aliphatic rings. The summed E-state index contributed by atoms with van der Waals surface area (Å²) in [5.41, 5.74) is 2.66. The van der Waals surface area contributed by atoms with Gasteiger partial charge in [-0.15, -0.1) is 0 Å². The SMILES string of the molecule is CCOC(=O)c1c(C)c[nH]c1CC(C)C. The molecule has 1 rings (SSSR count). The molecule has 0 bridgehead atoms. The van der Waals surface area contributed by atoms with Crippen molar-refractivity contribution in [2.75, 3.05) is 6.61 Å². The van der Waals surface area contributed by atoms with E-state index in [-0.39, 0.29) is 5.97 Å². The first kappa shape index (κ1) is 11.8. The van der Waals surface area contributed by atoms with Gasteiger partial charge >= 0.3 is 5.97 Å². The van der Waals surface area contributed by atoms with E-state index in [1.807, 2.05) is 20.0 Å². The molecule has 0 spiro atoms. The average Bonchev–Trinajstić information content (AvgIpc) is 2.46. The van der Waals surface area contributed by atoms with E-state index in [4.69, 9.17) is 4.74 Å². The predicted molar refractivity (Wildman–Crippen MR) is 60.0 cm³/mol. The summed E-state index contributed by atoms with van der Waals surface area (Å²) < 4.78 is 5.03. The van der Waals surface area contributed by atoms with E-state index in [0.717, 1.165) is 17.7 Å². The highest BCUT2D eigenvalue weighted by Crippen LogP contribution is 2.17. The summed E-state index contributed by atoms with van der Waals surface area (Å²) in [7, 11) is 0. The maximum Gasteiger partial charge on any atom is 0.340 e. The van der Waals surface area contributed by atoms with Crippen LogP contribution in [0.2, 0.25) is 0 Å². The molecular formula is C12H19NO2. The van der Waals surface area contributed by atoms with E-state index in [2.05, 4.69) is 18.8 Å². The lowest BCUT2D eigenvalue weighted by Gasteiger charge is -2.07. The Morgan fingerprint density at radius 1 is 1.53 bits per heavy atom. The van der Waals surface area contributed by atoms with Crippen LogP contribution in [0.15, 0.2) is 6.20 Å². The Morgan fingerprint density at radius 2 is 2.20 bits per heavy atom. The monoisotopic (exact) mass is 209 g/mol. The molecular weight excluding hydrogens is 190 g/mol. The van der Waals surface area contributed by atoms with Crippen molar-refractivity contribution < 1.29 is 9.53 Å². The van der Waals surface area contributed by atoms with Crippen LogP contribution in [0.4, 0.5) is 0 Å². The van der Waals surface area contributed by atoms with Crippen LogP contribution in [0.1, 0.15) is 42.4 Å². The van der Waals surface area contributed by atoms with E-state index in [0.29, 0.717) is 18.1 Å². The molecule has 1 heterocycles. The van der Waals surface area contributed by atoms with Crippen molar-refractivity contribution in [1.29, 1.82) is 0 Å². The fraction of sp³-hybridized carbons (Fsp3) is 0.583. The maximum atomic E-state index is 11.7. The molecule has 0 fully saturated rings. The summed E-state index contributed by atoms with van der Waals surface area (Å²) in [4.78, 5) is 14.8. The molecule has 1 N–H and O–H groups in total. The van der Waals surface area contributed by atoms with Crippen LogP contribution < -0.4 is 0 Å². The number of nitrogens with one attached hydrogen (secondary N) is 1. The van der Waals surface area contributed by atoms with Crippen LogP contribution in [0.3, 0.4) is 0 Å². The highest BCUT2D eigenvalue weighted by Gasteiger charge is 2.17. The number of hydrogen-bond acceptors (Lipinski definition) is 2. The van der Waals surface area contributed by atoms with Crippen LogP contribution in [0.25, 0.3) is 0 Å². The minimum absolute atomic E-state index is 0.216. The van der Waals surface area contributed by atoms with Gasteiger partial charge in [0.1, 0.15) is 0 Å². The Balaban J connectivity index is 2.93. The number of aryl methyl sites for hydroxylation is 1. The zero-order valence-corrected chi connectivity index (χ0v) is 9.89. The Bertz CT molecular complexity index is 339. The van der Waals surface area contributed by atoms with E-state index in [1.54, 1.807) is 0 Å². The Labute approximate surface area is 90.8 Å². The molecule has 3 nitrogen and oxygen atoms in total. The van der Waals surface area contributed by atoms with Gasteiger partial charge < -0.3 is 9.72 Å². The summed E-state index contributed by atoms with van der Waals surface area (Å²) in [6, 6.07) is 0. The molecule has 0 aliphatic carbocycles. The molecule has 0 radical (unpaired) electrons. The molecule has 0 atom stereocenters. The van der Waals surface area contributed by atoms with Gasteiger partial charge in [-0.3, -0.25) is 0 Å². The fourth-order valence-electron chi connectivity index (χ4n) is 1.63. The molecule has 84 valence electrons. The van der Waals surface area contributed by atoms with Crippen molar-refractivity contribution in [3.8, 4) is 0 Å². The summed E-state index contributed by atoms with van der Waals surface area (Å²) >= 11 is 0. The highest BCUT2D eigenvalue weighted by molar-refractivity contribution is 5.92. The van der Waals surface area contributed by atoms with Crippen LogP contribution >= 0.6 is 0 Å². The number of rotatable bonds is 4. The Morgan fingerprint density at radius 3 is 2.73 bits per heavy atom. The lowest BCUT2D eigenvalue weighted by atomic mass is 10.0. The third-order valence-electron chi connectivity index (χ3n) is 2.25. The largest absolute Gasteiger partial charge is 0.462 e. The number of ether oxygens (including phenoxy) is 1. The highest BCUT2D eigenvalue weighted by atomic mass is 16.5. The van der Waals surface area contributed by atoms with Gasteiger partial charge in [0.15, 0.2) is 0 Å². The van der Waals surface area contributed by atoms with Gasteiger partial charge in [0.25, 0.3) is 0 Å². The summed E-state index contributed by atoms with van der Waals surface area (Å²) in [5, 5.41) is 0. The molecule has 0 saturated carbocycles. The Kier molecular flexibility index (Phi) is 3.95. The molecule has 3 heteroatoms. The van der Waals surface area contributed by atoms with Gasteiger partial charge in [-0.05, 0) is 31.7 Å². The number of hydrogen-bond donors (Lipinski definition) is 1. The second-order valence-corrected chi connectivity index (χ2v) is 4.14. The van der Waals surface area contributed by atoms with E-state index in [1.165, 1.54) is 0 Å². The number of carbonyl (C=O) groups excluding carboxylic acids is 1. The van der Waals surface area contributed by atoms with Crippen LogP contribution in [0, 0.1) is 12.8 Å². The zero-order valence-electron chi connectivity index (χ0n) is 9.89. The summed E-state index contributed by atoms with van der Waals surface area (Å²) in [5.74, 6) is 0.308. The maximum absolute atomic E-state index is 11.7. The van der Waals surface area contributed by atoms with Crippen molar-refractivity contribution >= 4 is 5.97 Å². The second kappa shape index (κ2) is 5.01. The minimum Gasteiger partial charge on any atom is -0.462 e. The van der Waals surface area contributed by atoms with Crippen molar-refractivity contribution in [2.24, 2.45) is 5.92 Å². The molecule has 15 heavy (non-hydrogen) atoms. The molecule has 0 amide bonds.